The summed E-state index contributed by atoms with van der Waals surface area (Å²) in [4.78, 5) is 101. The van der Waals surface area contributed by atoms with Crippen LogP contribution in [0.25, 0.3) is 0 Å². The zero-order chi connectivity index (χ0) is 85.8. The molecule has 0 bridgehead atoms. The van der Waals surface area contributed by atoms with Gasteiger partial charge in [-0.25, -0.2) is 0 Å². The van der Waals surface area contributed by atoms with Crippen LogP contribution in [0, 0.1) is 83.9 Å². The maximum absolute atomic E-state index is 15.6. The molecule has 20 nitrogen and oxygen atoms in total. The number of benzene rings is 2. The van der Waals surface area contributed by atoms with Crippen LogP contribution in [0.2, 0.25) is 0 Å². The van der Waals surface area contributed by atoms with Crippen molar-refractivity contribution in [1.82, 2.24) is 28.7 Å². The van der Waals surface area contributed by atoms with E-state index in [1.54, 1.807) is 36.4 Å². The summed E-state index contributed by atoms with van der Waals surface area (Å²) in [7, 11) is 0. The highest BCUT2D eigenvalue weighted by Gasteiger charge is 2.32. The fourth-order valence-corrected chi connectivity index (χ4v) is 16.3. The first-order chi connectivity index (χ1) is 55.9. The van der Waals surface area contributed by atoms with Crippen molar-refractivity contribution in [2.24, 2.45) is 67.8 Å². The lowest BCUT2D eigenvalue weighted by Gasteiger charge is -2.32. The van der Waals surface area contributed by atoms with Crippen LogP contribution in [0.4, 0.5) is 22.7 Å². The molecule has 2 aromatic carbocycles. The van der Waals surface area contributed by atoms with Crippen LogP contribution in [0.1, 0.15) is 380 Å². The number of unbranched alkanes of at least 4 members (excludes halogenated alkanes) is 8. The molecule has 20 heteroatoms. The third-order valence-corrected chi connectivity index (χ3v) is 24.8. The van der Waals surface area contributed by atoms with Crippen LogP contribution in [0.15, 0.2) is 66.4 Å². The lowest BCUT2D eigenvalue weighted by molar-refractivity contribution is 0.0669. The zero-order valence-corrected chi connectivity index (χ0v) is 75.5. The Morgan fingerprint density at radius 1 is 0.336 bits per heavy atom. The van der Waals surface area contributed by atoms with Crippen LogP contribution in [0.3, 0.4) is 0 Å². The molecule has 0 saturated heterocycles. The average Bonchev–Trinajstić information content (AvgIpc) is 0.776. The van der Waals surface area contributed by atoms with Gasteiger partial charge >= 0.3 is 0 Å². The van der Waals surface area contributed by atoms with Gasteiger partial charge in [0.25, 0.3) is 34.7 Å². The molecule has 8 atom stereocenters. The number of rotatable bonds is 59. The van der Waals surface area contributed by atoms with Gasteiger partial charge < -0.3 is 29.8 Å². The Morgan fingerprint density at radius 2 is 0.526 bits per heavy atom. The number of carbonyl (C=O) groups is 4. The molecule has 0 radical (unpaired) electrons. The summed E-state index contributed by atoms with van der Waals surface area (Å²) in [5, 5.41) is 63.9. The number of nitriles is 2. The molecule has 0 aliphatic heterocycles. The van der Waals surface area contributed by atoms with E-state index in [2.05, 4.69) is 131 Å². The molecule has 8 unspecified atom stereocenters. The number of amides is 4. The first-order valence-electron chi connectivity index (χ1n) is 45.9. The van der Waals surface area contributed by atoms with Crippen molar-refractivity contribution in [3.63, 3.8) is 0 Å². The van der Waals surface area contributed by atoms with Crippen LogP contribution in [0.5, 0.6) is 11.8 Å². The lowest BCUT2D eigenvalue weighted by atomic mass is 9.94. The molecule has 2 aromatic heterocycles. The summed E-state index contributed by atoms with van der Waals surface area (Å²) in [5.74, 6) is -0.438. The van der Waals surface area contributed by atoms with E-state index in [4.69, 9.17) is 0 Å². The normalized spacial score (nSPS) is 13.8. The highest BCUT2D eigenvalue weighted by molar-refractivity contribution is 6.02. The summed E-state index contributed by atoms with van der Waals surface area (Å²) in [6.07, 6.45) is 31.3. The van der Waals surface area contributed by atoms with Crippen molar-refractivity contribution >= 4 is 46.4 Å². The fourth-order valence-electron chi connectivity index (χ4n) is 16.3. The second-order valence-electron chi connectivity index (χ2n) is 33.6. The van der Waals surface area contributed by atoms with Gasteiger partial charge in [0.05, 0.1) is 11.4 Å². The standard InChI is InChI=1S/C96H154N12O8/c1-19-35-43-71(27-9)61-103(62-72(28-10)44-36-20-2)89(109)79-53-80(90(110)104(63-73(29-11)45-37-21-3)64-74(30-12)46-38-22-4)56-83(55-79)99-101-87-69(17)85(59-97)93(113)107(95(87)115)51-52-108-94(114)86(60-98)70(18)88(96(108)116)102-100-84-57-81(91(111)105(65-75(31-13)47-39-23-5)66-76(32-14)48-40-24-6)54-82(58-84)92(112)106(67-77(33-15)49-41-25-7)68-78(34-16)50-42-26-8/h53-58,71-78,113-114H,19-52,61-68H2,1-18H3. The van der Waals surface area contributed by atoms with Gasteiger partial charge in [-0.1, -0.05) is 265 Å². The topological polar surface area (TPSA) is 263 Å². The van der Waals surface area contributed by atoms with Gasteiger partial charge in [0, 0.05) is 98.8 Å². The van der Waals surface area contributed by atoms with Crippen LogP contribution >= 0.6 is 0 Å². The third kappa shape index (κ3) is 30.7. The molecule has 0 fully saturated rings. The van der Waals surface area contributed by atoms with E-state index < -0.39 is 36.0 Å². The third-order valence-electron chi connectivity index (χ3n) is 24.8. The largest absolute Gasteiger partial charge is 0.493 e. The van der Waals surface area contributed by atoms with E-state index in [-0.39, 0.29) is 138 Å². The van der Waals surface area contributed by atoms with Crippen molar-refractivity contribution in [2.45, 2.75) is 343 Å². The highest BCUT2D eigenvalue weighted by Crippen LogP contribution is 2.35. The molecule has 4 aromatic rings. The SMILES string of the molecule is CCCCC(CC)CN(CC(CC)CCCC)C(=O)c1cc(N=Nc2c(C)c(C#N)c(O)n(CCn3c(O)c(C#N)c(C)c(N=Nc4cc(C(=O)N(CC(CC)CCCC)CC(CC)CCCC)cc(C(=O)N(CC(CC)CCCC)CC(CC)CCCC)c4)c3=O)c2=O)cc(C(=O)N(CC(CC)CCCC)CC(CC)CCCC)c1. The Hall–Kier alpha value is -8.00. The van der Waals surface area contributed by atoms with Gasteiger partial charge in [-0.2, -0.15) is 20.8 Å². The van der Waals surface area contributed by atoms with Crippen molar-refractivity contribution in [3.8, 4) is 23.9 Å². The molecule has 2 N–H and O–H groups in total. The van der Waals surface area contributed by atoms with Crippen molar-refractivity contribution < 1.29 is 29.4 Å². The van der Waals surface area contributed by atoms with Gasteiger partial charge in [0.15, 0.2) is 11.4 Å². The molecule has 2 heterocycles. The molecule has 0 saturated carbocycles. The summed E-state index contributed by atoms with van der Waals surface area (Å²) in [5.41, 5.74) is -1.91. The van der Waals surface area contributed by atoms with E-state index in [0.29, 0.717) is 52.4 Å². The highest BCUT2D eigenvalue weighted by atomic mass is 16.3. The summed E-state index contributed by atoms with van der Waals surface area (Å²) in [6, 6.07) is 13.9. The number of aromatic nitrogens is 2. The molecule has 646 valence electrons. The van der Waals surface area contributed by atoms with E-state index >= 15 is 28.8 Å². The summed E-state index contributed by atoms with van der Waals surface area (Å²) in [6.45, 7) is 40.9. The maximum atomic E-state index is 15.6. The van der Waals surface area contributed by atoms with Crippen molar-refractivity contribution in [3.05, 3.63) is 102 Å². The smallest absolute Gasteiger partial charge is 0.281 e. The van der Waals surface area contributed by atoms with Gasteiger partial charge in [-0.05, 0) is 149 Å². The maximum Gasteiger partial charge on any atom is 0.281 e. The molecular formula is C96H154N12O8. The minimum Gasteiger partial charge on any atom is -0.493 e. The number of hydrogen-bond donors (Lipinski definition) is 2. The fraction of sp³-hybridized carbons (Fsp3) is 0.708. The van der Waals surface area contributed by atoms with Crippen LogP contribution in [-0.2, 0) is 13.1 Å². The Bertz CT molecular complexity index is 3460. The lowest BCUT2D eigenvalue weighted by Crippen LogP contribution is -2.40. The van der Waals surface area contributed by atoms with Crippen molar-refractivity contribution in [2.75, 3.05) is 52.4 Å². The second-order valence-corrected chi connectivity index (χ2v) is 33.6. The molecule has 0 spiro atoms. The average molecular weight is 1600 g/mol. The molecule has 0 aliphatic carbocycles. The Morgan fingerprint density at radius 3 is 0.690 bits per heavy atom. The van der Waals surface area contributed by atoms with Gasteiger partial charge in [0.2, 0.25) is 11.8 Å². The Labute approximate surface area is 700 Å². The molecule has 0 aliphatic rings. The summed E-state index contributed by atoms with van der Waals surface area (Å²) >= 11 is 0. The molecule has 116 heavy (non-hydrogen) atoms. The first kappa shape index (κ1) is 100. The Balaban J connectivity index is 2.06. The molecule has 4 amide bonds. The Kier molecular flexibility index (Phi) is 47.5. The number of carbonyl (C=O) groups excluding carboxylic acids is 4. The zero-order valence-electron chi connectivity index (χ0n) is 75.5. The van der Waals surface area contributed by atoms with Gasteiger partial charge in [0.1, 0.15) is 23.3 Å². The second kappa shape index (κ2) is 54.9. The minimum absolute atomic E-state index is 0.00834. The van der Waals surface area contributed by atoms with E-state index in [1.807, 2.05) is 31.7 Å². The van der Waals surface area contributed by atoms with Gasteiger partial charge in [-0.3, -0.25) is 37.9 Å². The minimum atomic E-state index is -0.916. The quantitative estimate of drug-likeness (QED) is 0.0395. The summed E-state index contributed by atoms with van der Waals surface area (Å²) < 4.78 is 1.71. The monoisotopic (exact) mass is 1600 g/mol. The molecular weight excluding hydrogens is 1450 g/mol. The van der Waals surface area contributed by atoms with Crippen LogP contribution < -0.4 is 11.1 Å². The van der Waals surface area contributed by atoms with E-state index in [9.17, 15) is 20.7 Å². The number of aromatic hydroxyl groups is 2. The van der Waals surface area contributed by atoms with Crippen LogP contribution in [-0.4, -0.2) is 115 Å². The predicted octanol–water partition coefficient (Wildman–Crippen LogP) is 24.8. The predicted molar refractivity (Wildman–Crippen MR) is 475 cm³/mol. The first-order valence-corrected chi connectivity index (χ1v) is 45.9. The number of azo groups is 2. The van der Waals surface area contributed by atoms with E-state index in [1.165, 1.54) is 13.8 Å². The van der Waals surface area contributed by atoms with Crippen molar-refractivity contribution in [1.29, 1.82) is 10.5 Å². The number of pyridine rings is 2. The number of hydrogen-bond acceptors (Lipinski definition) is 14. The molecule has 4 rings (SSSR count). The van der Waals surface area contributed by atoms with E-state index in [0.717, 1.165) is 215 Å². The number of nitrogens with zero attached hydrogens (tertiary/aromatic N) is 12. The van der Waals surface area contributed by atoms with Gasteiger partial charge in [-0.15, -0.1) is 10.2 Å².